The van der Waals surface area contributed by atoms with Crippen LogP contribution in [0.3, 0.4) is 0 Å². The Hall–Kier alpha value is -1.61. The van der Waals surface area contributed by atoms with Crippen molar-refractivity contribution in [2.45, 2.75) is 47.0 Å². The Morgan fingerprint density at radius 1 is 1.09 bits per heavy atom. The molecule has 0 aliphatic heterocycles. The normalized spacial score (nSPS) is 10.8. The van der Waals surface area contributed by atoms with Crippen molar-refractivity contribution in [2.24, 2.45) is 0 Å². The minimum Gasteiger partial charge on any atom is -0.496 e. The molecule has 126 valence electrons. The molecule has 0 saturated heterocycles. The lowest BCUT2D eigenvalue weighted by molar-refractivity contribution is 0.410. The van der Waals surface area contributed by atoms with Crippen LogP contribution in [-0.4, -0.2) is 12.1 Å². The van der Waals surface area contributed by atoms with Crippen molar-refractivity contribution in [3.8, 4) is 16.9 Å². The smallest absolute Gasteiger partial charge is 0.130 e. The van der Waals surface area contributed by atoms with Gasteiger partial charge in [0.2, 0.25) is 0 Å². The van der Waals surface area contributed by atoms with E-state index in [-0.39, 0.29) is 11.2 Å². The molecule has 2 rings (SSSR count). The van der Waals surface area contributed by atoms with Gasteiger partial charge in [-0.15, -0.1) is 0 Å². The number of methoxy groups -OCH3 is 1. The van der Waals surface area contributed by atoms with Gasteiger partial charge in [-0.1, -0.05) is 46.2 Å². The molecule has 0 aliphatic rings. The van der Waals surface area contributed by atoms with E-state index in [0.29, 0.717) is 16.5 Å². The largest absolute Gasteiger partial charge is 0.496 e. The first-order valence-corrected chi connectivity index (χ1v) is 8.13. The Morgan fingerprint density at radius 3 is 2.17 bits per heavy atom. The summed E-state index contributed by atoms with van der Waals surface area (Å²) in [7, 11) is 1.54. The van der Waals surface area contributed by atoms with Crippen LogP contribution in [0.1, 0.15) is 45.9 Å². The second kappa shape index (κ2) is 7.78. The molecule has 4 heteroatoms. The van der Waals surface area contributed by atoms with E-state index in [4.69, 9.17) is 16.3 Å². The van der Waals surface area contributed by atoms with E-state index >= 15 is 0 Å². The van der Waals surface area contributed by atoms with Gasteiger partial charge in [-0.3, -0.25) is 0 Å². The van der Waals surface area contributed by atoms with Gasteiger partial charge in [0.25, 0.3) is 0 Å². The molecule has 0 saturated carbocycles. The molecule has 1 aromatic heterocycles. The predicted molar refractivity (Wildman–Crippen MR) is 96.0 cm³/mol. The lowest BCUT2D eigenvalue weighted by Crippen LogP contribution is -2.14. The molecule has 0 radical (unpaired) electrons. The van der Waals surface area contributed by atoms with Crippen LogP contribution >= 0.6 is 11.6 Å². The van der Waals surface area contributed by atoms with E-state index < -0.39 is 0 Å². The Labute approximate surface area is 143 Å². The summed E-state index contributed by atoms with van der Waals surface area (Å²) in [5.74, 6) is 0.232. The first-order valence-electron chi connectivity index (χ1n) is 7.75. The summed E-state index contributed by atoms with van der Waals surface area (Å²) in [4.78, 5) is 4.26. The molecule has 2 aromatic rings. The van der Waals surface area contributed by atoms with Crippen LogP contribution in [0.15, 0.2) is 24.3 Å². The van der Waals surface area contributed by atoms with Crippen molar-refractivity contribution in [3.05, 3.63) is 46.5 Å². The number of pyridine rings is 1. The van der Waals surface area contributed by atoms with E-state index in [1.54, 1.807) is 6.07 Å². The predicted octanol–water partition coefficient (Wildman–Crippen LogP) is 6.18. The molecule has 0 bridgehead atoms. The third kappa shape index (κ3) is 4.44. The Kier molecular flexibility index (Phi) is 6.57. The van der Waals surface area contributed by atoms with Crippen LogP contribution in [0.25, 0.3) is 11.1 Å². The molecule has 0 unspecified atom stereocenters. The van der Waals surface area contributed by atoms with E-state index in [1.807, 2.05) is 53.7 Å². The van der Waals surface area contributed by atoms with Crippen molar-refractivity contribution in [1.82, 2.24) is 4.98 Å². The summed E-state index contributed by atoms with van der Waals surface area (Å²) >= 11 is 5.90. The first kappa shape index (κ1) is 19.4. The monoisotopic (exact) mass is 337 g/mol. The molecule has 0 aliphatic carbocycles. The van der Waals surface area contributed by atoms with Crippen LogP contribution in [0, 0.1) is 12.7 Å². The Bertz CT molecular complexity index is 678. The molecule has 23 heavy (non-hydrogen) atoms. The molecule has 0 spiro atoms. The molecule has 1 aromatic carbocycles. The first-order chi connectivity index (χ1) is 10.7. The summed E-state index contributed by atoms with van der Waals surface area (Å²) in [6.07, 6.45) is 0. The minimum absolute atomic E-state index is 0.261. The van der Waals surface area contributed by atoms with Crippen LogP contribution < -0.4 is 4.74 Å². The highest BCUT2D eigenvalue weighted by Crippen LogP contribution is 2.37. The van der Waals surface area contributed by atoms with Gasteiger partial charge in [0.15, 0.2) is 0 Å². The number of aryl methyl sites for hydroxylation is 1. The number of aromatic nitrogens is 1. The maximum atomic E-state index is 14.3. The molecule has 0 atom stereocenters. The van der Waals surface area contributed by atoms with Gasteiger partial charge in [0, 0.05) is 22.9 Å². The zero-order valence-electron chi connectivity index (χ0n) is 14.9. The molecule has 0 N–H and O–H groups in total. The van der Waals surface area contributed by atoms with Gasteiger partial charge < -0.3 is 4.74 Å². The second-order valence-electron chi connectivity index (χ2n) is 6.05. The molecule has 2 nitrogen and oxygen atoms in total. The highest BCUT2D eigenvalue weighted by Gasteiger charge is 2.22. The van der Waals surface area contributed by atoms with Crippen molar-refractivity contribution in [3.63, 3.8) is 0 Å². The third-order valence-corrected chi connectivity index (χ3v) is 3.65. The summed E-state index contributed by atoms with van der Waals surface area (Å²) in [5.41, 5.74) is 2.85. The number of hydrogen-bond acceptors (Lipinski definition) is 2. The van der Waals surface area contributed by atoms with Gasteiger partial charge in [0.05, 0.1) is 7.11 Å². The lowest BCUT2D eigenvalue weighted by atomic mass is 9.84. The lowest BCUT2D eigenvalue weighted by Gasteiger charge is -2.22. The van der Waals surface area contributed by atoms with Crippen molar-refractivity contribution < 1.29 is 9.13 Å². The number of ether oxygens (including phenoxy) is 1. The fourth-order valence-electron chi connectivity index (χ4n) is 2.32. The molecule has 0 fully saturated rings. The third-order valence-electron chi connectivity index (χ3n) is 3.44. The SMILES string of the molecule is CC.COc1cc(F)c(C(C)(C)C)cc1-c1ccc(Cl)nc1C. The summed E-state index contributed by atoms with van der Waals surface area (Å²) in [6, 6.07) is 6.88. The zero-order chi connectivity index (χ0) is 17.8. The highest BCUT2D eigenvalue weighted by atomic mass is 35.5. The number of nitrogens with zero attached hydrogens (tertiary/aromatic N) is 1. The fourth-order valence-corrected chi connectivity index (χ4v) is 2.51. The molecule has 1 heterocycles. The van der Waals surface area contributed by atoms with E-state index in [2.05, 4.69) is 4.98 Å². The zero-order valence-corrected chi connectivity index (χ0v) is 15.7. The summed E-state index contributed by atoms with van der Waals surface area (Å²) in [6.45, 7) is 11.8. The maximum Gasteiger partial charge on any atom is 0.130 e. The van der Waals surface area contributed by atoms with Gasteiger partial charge in [-0.2, -0.15) is 0 Å². The standard InChI is InChI=1S/C17H19ClFNO.C2H6/c1-10-11(6-7-16(18)20-10)12-8-13(17(2,3)4)14(19)9-15(12)21-5;1-2/h6-9H,1-5H3;1-2H3. The number of halogens is 2. The van der Waals surface area contributed by atoms with Gasteiger partial charge in [-0.25, -0.2) is 9.37 Å². The quantitative estimate of drug-likeness (QED) is 0.610. The molecule has 0 amide bonds. The summed E-state index contributed by atoms with van der Waals surface area (Å²) < 4.78 is 19.6. The van der Waals surface area contributed by atoms with E-state index in [0.717, 1.165) is 16.8 Å². The number of benzene rings is 1. The number of hydrogen-bond donors (Lipinski definition) is 0. The summed E-state index contributed by atoms with van der Waals surface area (Å²) in [5, 5.41) is 0.438. The minimum atomic E-state index is -0.293. The number of rotatable bonds is 2. The van der Waals surface area contributed by atoms with Gasteiger partial charge in [0.1, 0.15) is 16.7 Å². The fraction of sp³-hybridized carbons (Fsp3) is 0.421. The van der Waals surface area contributed by atoms with Crippen LogP contribution in [-0.2, 0) is 5.41 Å². The highest BCUT2D eigenvalue weighted by molar-refractivity contribution is 6.29. The van der Waals surface area contributed by atoms with Gasteiger partial charge in [-0.05, 0) is 36.1 Å². The topological polar surface area (TPSA) is 22.1 Å². The van der Waals surface area contributed by atoms with Crippen LogP contribution in [0.4, 0.5) is 4.39 Å². The van der Waals surface area contributed by atoms with Crippen molar-refractivity contribution in [1.29, 1.82) is 0 Å². The molecular formula is C19H25ClFNO. The Morgan fingerprint density at radius 2 is 1.70 bits per heavy atom. The molecular weight excluding hydrogens is 313 g/mol. The average molecular weight is 338 g/mol. The second-order valence-corrected chi connectivity index (χ2v) is 6.44. The van der Waals surface area contributed by atoms with E-state index in [1.165, 1.54) is 13.2 Å². The van der Waals surface area contributed by atoms with Gasteiger partial charge >= 0.3 is 0 Å². The van der Waals surface area contributed by atoms with E-state index in [9.17, 15) is 4.39 Å². The van der Waals surface area contributed by atoms with Crippen LogP contribution in [0.2, 0.25) is 5.15 Å². The van der Waals surface area contributed by atoms with Crippen LogP contribution in [0.5, 0.6) is 5.75 Å². The van der Waals surface area contributed by atoms with Crippen molar-refractivity contribution in [2.75, 3.05) is 7.11 Å². The van der Waals surface area contributed by atoms with Crippen molar-refractivity contribution >= 4 is 11.6 Å². The Balaban J connectivity index is 0.00000127. The maximum absolute atomic E-state index is 14.3. The average Bonchev–Trinajstić information content (AvgIpc) is 2.48.